The van der Waals surface area contributed by atoms with Gasteiger partial charge in [-0.2, -0.15) is 0 Å². The van der Waals surface area contributed by atoms with E-state index in [1.807, 2.05) is 29.8 Å². The molecule has 2 heterocycles. The van der Waals surface area contributed by atoms with E-state index >= 15 is 0 Å². The predicted octanol–water partition coefficient (Wildman–Crippen LogP) is 4.52. The summed E-state index contributed by atoms with van der Waals surface area (Å²) in [7, 11) is -3.46. The zero-order valence-corrected chi connectivity index (χ0v) is 17.8. The van der Waals surface area contributed by atoms with Gasteiger partial charge >= 0.3 is 0 Å². The molecule has 4 aromatic rings. The van der Waals surface area contributed by atoms with Gasteiger partial charge in [-0.15, -0.1) is 11.3 Å². The van der Waals surface area contributed by atoms with Crippen LogP contribution in [0.4, 0.5) is 11.4 Å². The second kappa shape index (κ2) is 7.30. The highest BCUT2D eigenvalue weighted by atomic mass is 32.2. The van der Waals surface area contributed by atoms with Crippen LogP contribution in [-0.4, -0.2) is 35.9 Å². The molecule has 2 N–H and O–H groups in total. The van der Waals surface area contributed by atoms with E-state index in [9.17, 15) is 13.5 Å². The number of nitrogens with zero attached hydrogens (tertiary/aromatic N) is 2. The van der Waals surface area contributed by atoms with Crippen LogP contribution in [-0.2, 0) is 9.84 Å². The lowest BCUT2D eigenvalue weighted by Gasteiger charge is -2.15. The molecule has 0 unspecified atom stereocenters. The Balaban J connectivity index is 1.50. The van der Waals surface area contributed by atoms with E-state index in [0.717, 1.165) is 45.3 Å². The van der Waals surface area contributed by atoms with Gasteiger partial charge in [0, 0.05) is 29.6 Å². The summed E-state index contributed by atoms with van der Waals surface area (Å²) in [6.45, 7) is 0.0224. The number of thiazole rings is 1. The zero-order valence-electron chi connectivity index (χ0n) is 16.2. The molecule has 0 saturated heterocycles. The van der Waals surface area contributed by atoms with Gasteiger partial charge in [-0.3, -0.25) is 4.98 Å². The van der Waals surface area contributed by atoms with Crippen LogP contribution in [0.5, 0.6) is 0 Å². The molecule has 0 atom stereocenters. The van der Waals surface area contributed by atoms with Gasteiger partial charge in [-0.25, -0.2) is 13.4 Å². The molecule has 5 rings (SSSR count). The van der Waals surface area contributed by atoms with Crippen molar-refractivity contribution in [2.24, 2.45) is 5.41 Å². The number of fused-ring (bicyclic) bond motifs is 2. The highest BCUT2D eigenvalue weighted by molar-refractivity contribution is 7.91. The third-order valence-corrected chi connectivity index (χ3v) is 8.55. The molecule has 2 aromatic heterocycles. The summed E-state index contributed by atoms with van der Waals surface area (Å²) in [4.78, 5) is 9.04. The Morgan fingerprint density at radius 2 is 1.93 bits per heavy atom. The van der Waals surface area contributed by atoms with Crippen molar-refractivity contribution >= 4 is 53.7 Å². The van der Waals surface area contributed by atoms with Gasteiger partial charge in [-0.1, -0.05) is 0 Å². The average Bonchev–Trinajstić information content (AvgIpc) is 3.30. The van der Waals surface area contributed by atoms with Crippen LogP contribution in [0.3, 0.4) is 0 Å². The minimum absolute atomic E-state index is 0.0224. The molecule has 0 amide bonds. The highest BCUT2D eigenvalue weighted by Gasteiger charge is 2.45. The molecule has 1 saturated carbocycles. The van der Waals surface area contributed by atoms with Crippen LogP contribution >= 0.6 is 11.3 Å². The van der Waals surface area contributed by atoms with Crippen molar-refractivity contribution in [3.05, 3.63) is 54.2 Å². The molecule has 1 fully saturated rings. The molecule has 0 spiro atoms. The molecule has 30 heavy (non-hydrogen) atoms. The quantitative estimate of drug-likeness (QED) is 0.440. The van der Waals surface area contributed by atoms with Crippen LogP contribution < -0.4 is 5.32 Å². The van der Waals surface area contributed by atoms with Crippen LogP contribution in [0.25, 0.3) is 21.1 Å². The van der Waals surface area contributed by atoms with Crippen LogP contribution in [0.1, 0.15) is 19.3 Å². The zero-order chi connectivity index (χ0) is 20.8. The summed E-state index contributed by atoms with van der Waals surface area (Å²) in [6, 6.07) is 12.9. The Bertz CT molecular complexity index is 1340. The lowest BCUT2D eigenvalue weighted by atomic mass is 10.1. The third-order valence-electron chi connectivity index (χ3n) is 5.78. The second-order valence-electron chi connectivity index (χ2n) is 7.93. The molecule has 1 aliphatic rings. The number of hydrogen-bond acceptors (Lipinski definition) is 7. The van der Waals surface area contributed by atoms with Gasteiger partial charge in [0.2, 0.25) is 0 Å². The number of nitrogens with one attached hydrogen (secondary N) is 1. The van der Waals surface area contributed by atoms with E-state index in [0.29, 0.717) is 11.3 Å². The first-order chi connectivity index (χ1) is 14.5. The number of pyridine rings is 1. The number of sulfone groups is 1. The fourth-order valence-electron chi connectivity index (χ4n) is 3.89. The summed E-state index contributed by atoms with van der Waals surface area (Å²) in [5, 5.41) is 13.4. The number of benzene rings is 2. The molecule has 154 valence electrons. The van der Waals surface area contributed by atoms with E-state index in [1.54, 1.807) is 35.7 Å². The normalized spacial score (nSPS) is 15.5. The minimum atomic E-state index is -3.46. The number of anilines is 2. The van der Waals surface area contributed by atoms with Gasteiger partial charge in [0.15, 0.2) is 9.84 Å². The summed E-state index contributed by atoms with van der Waals surface area (Å²) in [5.74, 6) is 0.0790. The summed E-state index contributed by atoms with van der Waals surface area (Å²) in [5.41, 5.74) is 4.88. The number of aliphatic hydroxyl groups is 1. The second-order valence-corrected chi connectivity index (χ2v) is 10.8. The molecule has 0 aliphatic heterocycles. The number of rotatable bonds is 7. The average molecular weight is 440 g/mol. The topological polar surface area (TPSA) is 92.2 Å². The van der Waals surface area contributed by atoms with Crippen molar-refractivity contribution in [3.63, 3.8) is 0 Å². The summed E-state index contributed by atoms with van der Waals surface area (Å²) in [6.07, 6.45) is 3.95. The molecule has 2 aromatic carbocycles. The van der Waals surface area contributed by atoms with E-state index in [4.69, 9.17) is 0 Å². The van der Waals surface area contributed by atoms with Gasteiger partial charge in [-0.05, 0) is 67.1 Å². The van der Waals surface area contributed by atoms with E-state index < -0.39 is 9.84 Å². The van der Waals surface area contributed by atoms with Crippen molar-refractivity contribution in [1.29, 1.82) is 0 Å². The van der Waals surface area contributed by atoms with Crippen molar-refractivity contribution in [1.82, 2.24) is 9.97 Å². The molecular formula is C22H21N3O3S2. The van der Waals surface area contributed by atoms with E-state index in [-0.39, 0.29) is 17.8 Å². The van der Waals surface area contributed by atoms with E-state index in [1.165, 1.54) is 0 Å². The monoisotopic (exact) mass is 439 g/mol. The number of hydrogen-bond donors (Lipinski definition) is 2. The standard InChI is InChI=1S/C22H21N3O3S2/c26-10-8-22(6-7-22)13-30(27,28)16-2-3-18-17(12-16)19(5-9-23-18)25-15-1-4-21-20(11-15)24-14-29-21/h1-5,9,11-12,14,26H,6-8,10,13H2,(H,23,25). The Morgan fingerprint density at radius 1 is 1.07 bits per heavy atom. The maximum atomic E-state index is 13.1. The Morgan fingerprint density at radius 3 is 2.73 bits per heavy atom. The van der Waals surface area contributed by atoms with Crippen molar-refractivity contribution in [2.75, 3.05) is 17.7 Å². The summed E-state index contributed by atoms with van der Waals surface area (Å²) < 4.78 is 27.2. The molecule has 0 radical (unpaired) electrons. The van der Waals surface area contributed by atoms with Crippen molar-refractivity contribution < 1.29 is 13.5 Å². The largest absolute Gasteiger partial charge is 0.396 e. The van der Waals surface area contributed by atoms with Gasteiger partial charge in [0.25, 0.3) is 0 Å². The van der Waals surface area contributed by atoms with Gasteiger partial charge < -0.3 is 10.4 Å². The fourth-order valence-corrected chi connectivity index (χ4v) is 6.52. The smallest absolute Gasteiger partial charge is 0.178 e. The molecular weight excluding hydrogens is 418 g/mol. The predicted molar refractivity (Wildman–Crippen MR) is 120 cm³/mol. The lowest BCUT2D eigenvalue weighted by Crippen LogP contribution is -2.18. The Hall–Kier alpha value is -2.55. The fraction of sp³-hybridized carbons (Fsp3) is 0.273. The third kappa shape index (κ3) is 3.66. The highest BCUT2D eigenvalue weighted by Crippen LogP contribution is 2.50. The van der Waals surface area contributed by atoms with Crippen LogP contribution in [0, 0.1) is 5.41 Å². The molecule has 0 bridgehead atoms. The van der Waals surface area contributed by atoms with E-state index in [2.05, 4.69) is 15.3 Å². The molecule has 6 nitrogen and oxygen atoms in total. The SMILES string of the molecule is O=S(=O)(CC1(CCO)CC1)c1ccc2nccc(Nc3ccc4scnc4c3)c2c1. The first-order valence-electron chi connectivity index (χ1n) is 9.81. The molecule has 8 heteroatoms. The maximum absolute atomic E-state index is 13.1. The first kappa shape index (κ1) is 19.4. The van der Waals surface area contributed by atoms with Crippen molar-refractivity contribution in [2.45, 2.75) is 24.2 Å². The van der Waals surface area contributed by atoms with Crippen LogP contribution in [0.15, 0.2) is 59.1 Å². The molecule has 1 aliphatic carbocycles. The summed E-state index contributed by atoms with van der Waals surface area (Å²) >= 11 is 1.59. The number of aromatic nitrogens is 2. The first-order valence-corrected chi connectivity index (χ1v) is 12.3. The Kier molecular flexibility index (Phi) is 4.72. The van der Waals surface area contributed by atoms with Gasteiger partial charge in [0.1, 0.15) is 0 Å². The van der Waals surface area contributed by atoms with Crippen molar-refractivity contribution in [3.8, 4) is 0 Å². The lowest BCUT2D eigenvalue weighted by molar-refractivity contribution is 0.257. The minimum Gasteiger partial charge on any atom is -0.396 e. The maximum Gasteiger partial charge on any atom is 0.178 e. The van der Waals surface area contributed by atoms with Crippen LogP contribution in [0.2, 0.25) is 0 Å². The number of aliphatic hydroxyl groups excluding tert-OH is 1. The Labute approximate surface area is 178 Å². The van der Waals surface area contributed by atoms with Gasteiger partial charge in [0.05, 0.1) is 31.9 Å².